The highest BCUT2D eigenvalue weighted by atomic mass is 16.6. The van der Waals surface area contributed by atoms with Gasteiger partial charge in [0.2, 0.25) is 11.8 Å². The number of rotatable bonds is 10. The third-order valence-corrected chi connectivity index (χ3v) is 5.18. The predicted molar refractivity (Wildman–Crippen MR) is 114 cm³/mol. The van der Waals surface area contributed by atoms with Gasteiger partial charge < -0.3 is 25.4 Å². The molecule has 0 spiro atoms. The second-order valence-electron chi connectivity index (χ2n) is 9.30. The summed E-state index contributed by atoms with van der Waals surface area (Å²) in [4.78, 5) is 39.6. The third-order valence-electron chi connectivity index (χ3n) is 5.18. The number of β-amino-alcohol motifs (C(OH)–C–C–N with tert-alkyl or cyclic N) is 1. The number of aliphatic hydroxyl groups is 1. The van der Waals surface area contributed by atoms with E-state index in [2.05, 4.69) is 17.2 Å². The molecule has 0 aromatic rings. The first kappa shape index (κ1) is 24.2. The van der Waals surface area contributed by atoms with Gasteiger partial charge in [0.25, 0.3) is 0 Å². The number of nitrogens with zero attached hydrogens (tertiary/aromatic N) is 1. The van der Waals surface area contributed by atoms with Crippen LogP contribution < -0.4 is 10.6 Å². The van der Waals surface area contributed by atoms with Crippen molar-refractivity contribution in [1.82, 2.24) is 15.5 Å². The molecule has 3 amide bonds. The fraction of sp³-hybridized carbons (Fsp3) is 0.773. The minimum absolute atomic E-state index is 0.0878. The van der Waals surface area contributed by atoms with Gasteiger partial charge >= 0.3 is 6.09 Å². The molecule has 2 fully saturated rings. The Kier molecular flexibility index (Phi) is 8.70. The maximum Gasteiger partial charge on any atom is 0.408 e. The number of unbranched alkanes of at least 4 members (excludes halogenated alkanes) is 3. The van der Waals surface area contributed by atoms with Crippen LogP contribution in [0.15, 0.2) is 12.7 Å². The molecular formula is C22H37N3O5. The van der Waals surface area contributed by atoms with Gasteiger partial charge in [0.15, 0.2) is 0 Å². The molecule has 0 aromatic carbocycles. The first-order valence-electron chi connectivity index (χ1n) is 11.0. The van der Waals surface area contributed by atoms with Crippen LogP contribution in [0.5, 0.6) is 0 Å². The third kappa shape index (κ3) is 7.97. The van der Waals surface area contributed by atoms with E-state index in [1.165, 1.54) is 4.90 Å². The first-order valence-corrected chi connectivity index (χ1v) is 11.0. The number of ether oxygens (including phenoxy) is 1. The number of carbonyl (C=O) groups is 3. The molecule has 2 unspecified atom stereocenters. The summed E-state index contributed by atoms with van der Waals surface area (Å²) in [6.45, 7) is 9.07. The van der Waals surface area contributed by atoms with Crippen molar-refractivity contribution in [2.24, 2.45) is 0 Å². The molecule has 0 radical (unpaired) electrons. The van der Waals surface area contributed by atoms with Gasteiger partial charge in [-0.2, -0.15) is 0 Å². The summed E-state index contributed by atoms with van der Waals surface area (Å²) in [5, 5.41) is 15.7. The predicted octanol–water partition coefficient (Wildman–Crippen LogP) is 2.26. The smallest absolute Gasteiger partial charge is 0.408 e. The summed E-state index contributed by atoms with van der Waals surface area (Å²) in [5.41, 5.74) is -0.682. The molecular weight excluding hydrogens is 386 g/mol. The van der Waals surface area contributed by atoms with Crippen LogP contribution in [0.3, 0.4) is 0 Å². The Bertz CT molecular complexity index is 627. The Morgan fingerprint density at radius 3 is 2.53 bits per heavy atom. The second kappa shape index (κ2) is 10.8. The van der Waals surface area contributed by atoms with Gasteiger partial charge in [-0.25, -0.2) is 4.79 Å². The lowest BCUT2D eigenvalue weighted by molar-refractivity contribution is -0.140. The monoisotopic (exact) mass is 423 g/mol. The highest BCUT2D eigenvalue weighted by Crippen LogP contribution is 2.24. The average molecular weight is 424 g/mol. The number of carbonyl (C=O) groups excluding carboxylic acids is 3. The van der Waals surface area contributed by atoms with Gasteiger partial charge in [-0.05, 0) is 52.9 Å². The van der Waals surface area contributed by atoms with Crippen LogP contribution in [0.25, 0.3) is 0 Å². The van der Waals surface area contributed by atoms with Crippen LogP contribution in [0.2, 0.25) is 0 Å². The number of nitrogens with one attached hydrogen (secondary N) is 2. The van der Waals surface area contributed by atoms with E-state index in [0.717, 1.165) is 38.5 Å². The summed E-state index contributed by atoms with van der Waals surface area (Å²) >= 11 is 0. The number of hydrogen-bond donors (Lipinski definition) is 3. The zero-order valence-corrected chi connectivity index (χ0v) is 18.5. The Labute approximate surface area is 179 Å². The molecule has 1 saturated heterocycles. The van der Waals surface area contributed by atoms with Gasteiger partial charge in [0, 0.05) is 19.0 Å². The molecule has 170 valence electrons. The Balaban J connectivity index is 2.04. The molecule has 0 aromatic heterocycles. The molecule has 1 heterocycles. The summed E-state index contributed by atoms with van der Waals surface area (Å²) in [6.07, 6.45) is 6.51. The second-order valence-corrected chi connectivity index (χ2v) is 9.30. The van der Waals surface area contributed by atoms with Crippen LogP contribution in [0, 0.1) is 0 Å². The summed E-state index contributed by atoms with van der Waals surface area (Å²) in [5.74, 6) is -0.582. The Hall–Kier alpha value is -2.09. The number of alkyl carbamates (subject to hydrolysis) is 1. The number of aliphatic hydroxyl groups excluding tert-OH is 1. The van der Waals surface area contributed by atoms with Crippen molar-refractivity contribution in [3.63, 3.8) is 0 Å². The van der Waals surface area contributed by atoms with Gasteiger partial charge in [-0.1, -0.05) is 18.9 Å². The molecule has 1 aliphatic carbocycles. The largest absolute Gasteiger partial charge is 0.444 e. The van der Waals surface area contributed by atoms with Crippen molar-refractivity contribution in [3.05, 3.63) is 12.7 Å². The molecule has 30 heavy (non-hydrogen) atoms. The number of amides is 3. The Morgan fingerprint density at radius 1 is 1.23 bits per heavy atom. The quantitative estimate of drug-likeness (QED) is 0.369. The highest BCUT2D eigenvalue weighted by molar-refractivity contribution is 5.92. The normalized spacial score (nSPS) is 22.3. The van der Waals surface area contributed by atoms with Crippen LogP contribution in [0.4, 0.5) is 4.79 Å². The summed E-state index contributed by atoms with van der Waals surface area (Å²) < 4.78 is 5.32. The number of hydrogen-bond acceptors (Lipinski definition) is 5. The van der Waals surface area contributed by atoms with Gasteiger partial charge in [0.05, 0.1) is 6.10 Å². The average Bonchev–Trinajstić information content (AvgIpc) is 3.36. The van der Waals surface area contributed by atoms with E-state index in [9.17, 15) is 19.5 Å². The standard InChI is InChI=1S/C22H37N3O5/c1-5-6-7-8-9-10-17(24-21(29)30-22(2,3)4)20(28)25-14-16(26)13-18(25)19(27)23-15-11-12-15/h5,15-18,26H,1,6-14H2,2-4H3,(H,23,27)(H,24,29)/t16?,17-,18?/m0/s1. The maximum absolute atomic E-state index is 13.3. The molecule has 8 heteroatoms. The van der Waals surface area contributed by atoms with E-state index in [0.29, 0.717) is 6.42 Å². The van der Waals surface area contributed by atoms with E-state index >= 15 is 0 Å². The van der Waals surface area contributed by atoms with Crippen molar-refractivity contribution in [3.8, 4) is 0 Å². The SMILES string of the molecule is C=CCCCCC[C@H](NC(=O)OC(C)(C)C)C(=O)N1CC(O)CC1C(=O)NC1CC1. The molecule has 0 bridgehead atoms. The zero-order valence-electron chi connectivity index (χ0n) is 18.5. The fourth-order valence-electron chi connectivity index (χ4n) is 3.55. The van der Waals surface area contributed by atoms with E-state index in [4.69, 9.17) is 4.74 Å². The minimum Gasteiger partial charge on any atom is -0.444 e. The van der Waals surface area contributed by atoms with Gasteiger partial charge in [0.1, 0.15) is 17.7 Å². The van der Waals surface area contributed by atoms with Crippen LogP contribution in [-0.2, 0) is 14.3 Å². The molecule has 3 N–H and O–H groups in total. The van der Waals surface area contributed by atoms with Crippen molar-refractivity contribution in [1.29, 1.82) is 0 Å². The number of allylic oxidation sites excluding steroid dienone is 1. The van der Waals surface area contributed by atoms with E-state index in [1.54, 1.807) is 20.8 Å². The molecule has 1 aliphatic heterocycles. The van der Waals surface area contributed by atoms with Crippen molar-refractivity contribution in [2.45, 2.75) is 102 Å². The molecule has 2 aliphatic rings. The van der Waals surface area contributed by atoms with Crippen LogP contribution >= 0.6 is 0 Å². The van der Waals surface area contributed by atoms with Crippen molar-refractivity contribution < 1.29 is 24.2 Å². The fourth-order valence-corrected chi connectivity index (χ4v) is 3.55. The first-order chi connectivity index (χ1) is 14.1. The van der Waals surface area contributed by atoms with E-state index < -0.39 is 29.9 Å². The van der Waals surface area contributed by atoms with Crippen molar-refractivity contribution >= 4 is 17.9 Å². The highest BCUT2D eigenvalue weighted by Gasteiger charge is 2.42. The van der Waals surface area contributed by atoms with E-state index in [-0.39, 0.29) is 30.8 Å². The molecule has 1 saturated carbocycles. The lowest BCUT2D eigenvalue weighted by Gasteiger charge is -2.29. The van der Waals surface area contributed by atoms with Crippen LogP contribution in [-0.4, -0.2) is 64.3 Å². The maximum atomic E-state index is 13.3. The minimum atomic E-state index is -0.801. The summed E-state index contributed by atoms with van der Waals surface area (Å²) in [7, 11) is 0. The Morgan fingerprint density at radius 2 is 1.93 bits per heavy atom. The van der Waals surface area contributed by atoms with Gasteiger partial charge in [-0.15, -0.1) is 6.58 Å². The van der Waals surface area contributed by atoms with Gasteiger partial charge in [-0.3, -0.25) is 9.59 Å². The molecule has 3 atom stereocenters. The summed E-state index contributed by atoms with van der Waals surface area (Å²) in [6, 6.07) is -1.34. The lowest BCUT2D eigenvalue weighted by atomic mass is 10.1. The van der Waals surface area contributed by atoms with E-state index in [1.807, 2.05) is 6.08 Å². The molecule has 2 rings (SSSR count). The number of likely N-dealkylation sites (tertiary alicyclic amines) is 1. The topological polar surface area (TPSA) is 108 Å². The van der Waals surface area contributed by atoms with Crippen LogP contribution in [0.1, 0.15) is 72.1 Å². The molecule has 8 nitrogen and oxygen atoms in total. The zero-order chi connectivity index (χ0) is 22.3. The lowest BCUT2D eigenvalue weighted by Crippen LogP contribution is -2.54. The van der Waals surface area contributed by atoms with Crippen molar-refractivity contribution in [2.75, 3.05) is 6.54 Å².